The average Bonchev–Trinajstić information content (AvgIpc) is 3.01. The van der Waals surface area contributed by atoms with Gasteiger partial charge in [-0.05, 0) is 26.7 Å². The van der Waals surface area contributed by atoms with Gasteiger partial charge in [-0.3, -0.25) is 9.59 Å². The van der Waals surface area contributed by atoms with Gasteiger partial charge >= 0.3 is 0 Å². The summed E-state index contributed by atoms with van der Waals surface area (Å²) in [7, 11) is 0. The zero-order chi connectivity index (χ0) is 14.2. The molecule has 2 amide bonds. The van der Waals surface area contributed by atoms with Crippen molar-refractivity contribution in [3.05, 3.63) is 10.4 Å². The molecule has 1 saturated carbocycles. The Labute approximate surface area is 115 Å². The number of nitrogens with one attached hydrogen (secondary N) is 2. The summed E-state index contributed by atoms with van der Waals surface area (Å²) in [4.78, 5) is 23.9. The molecule has 0 unspecified atom stereocenters. The van der Waals surface area contributed by atoms with Crippen LogP contribution in [-0.2, 0) is 0 Å². The molecule has 1 aromatic heterocycles. The molecule has 1 heterocycles. The molecule has 1 aliphatic rings. The minimum absolute atomic E-state index is 0.121. The van der Waals surface area contributed by atoms with Crippen molar-refractivity contribution in [3.63, 3.8) is 0 Å². The van der Waals surface area contributed by atoms with E-state index in [1.165, 1.54) is 11.3 Å². The van der Waals surface area contributed by atoms with E-state index in [2.05, 4.69) is 10.6 Å². The van der Waals surface area contributed by atoms with Crippen molar-refractivity contribution in [1.82, 2.24) is 5.32 Å². The summed E-state index contributed by atoms with van der Waals surface area (Å²) < 4.78 is 0. The summed E-state index contributed by atoms with van der Waals surface area (Å²) >= 11 is 1.17. The van der Waals surface area contributed by atoms with Crippen molar-refractivity contribution in [1.29, 1.82) is 0 Å². The van der Waals surface area contributed by atoms with E-state index in [9.17, 15) is 9.59 Å². The van der Waals surface area contributed by atoms with E-state index in [4.69, 9.17) is 11.5 Å². The number of nitrogen functional groups attached to an aromatic ring is 1. The van der Waals surface area contributed by atoms with E-state index < -0.39 is 5.91 Å². The molecule has 0 saturated heterocycles. The minimum Gasteiger partial charge on any atom is -0.397 e. The van der Waals surface area contributed by atoms with Gasteiger partial charge in [0.15, 0.2) is 0 Å². The maximum atomic E-state index is 12.0. The molecule has 7 heteroatoms. The summed E-state index contributed by atoms with van der Waals surface area (Å²) in [6.45, 7) is 3.87. The van der Waals surface area contributed by atoms with Gasteiger partial charge in [0.05, 0.1) is 11.3 Å². The summed E-state index contributed by atoms with van der Waals surface area (Å²) in [5.74, 6) is -0.855. The van der Waals surface area contributed by atoms with Crippen molar-refractivity contribution in [2.45, 2.75) is 38.8 Å². The number of nitrogens with two attached hydrogens (primary N) is 2. The second kappa shape index (κ2) is 5.08. The maximum Gasteiger partial charge on any atom is 0.263 e. The molecular formula is C12H18N4O2S. The number of anilines is 2. The van der Waals surface area contributed by atoms with Crippen LogP contribution >= 0.6 is 11.3 Å². The van der Waals surface area contributed by atoms with Crippen molar-refractivity contribution in [2.75, 3.05) is 11.1 Å². The van der Waals surface area contributed by atoms with Gasteiger partial charge in [-0.25, -0.2) is 0 Å². The number of thiophene rings is 1. The van der Waals surface area contributed by atoms with Crippen LogP contribution in [0.1, 0.15) is 46.7 Å². The van der Waals surface area contributed by atoms with E-state index in [0.717, 1.165) is 12.8 Å². The second-order valence-corrected chi connectivity index (χ2v) is 5.98. The molecule has 1 fully saturated rings. The topological polar surface area (TPSA) is 110 Å². The smallest absolute Gasteiger partial charge is 0.263 e. The van der Waals surface area contributed by atoms with Gasteiger partial charge < -0.3 is 22.1 Å². The van der Waals surface area contributed by atoms with Crippen molar-refractivity contribution < 1.29 is 9.59 Å². The fourth-order valence-corrected chi connectivity index (χ4v) is 2.87. The average molecular weight is 282 g/mol. The molecule has 0 spiro atoms. The van der Waals surface area contributed by atoms with Crippen molar-refractivity contribution in [3.8, 4) is 0 Å². The lowest BCUT2D eigenvalue weighted by Gasteiger charge is -2.08. The Kier molecular flexibility index (Phi) is 3.66. The van der Waals surface area contributed by atoms with Gasteiger partial charge in [-0.15, -0.1) is 11.3 Å². The zero-order valence-corrected chi connectivity index (χ0v) is 11.8. The van der Waals surface area contributed by atoms with Crippen molar-refractivity contribution >= 4 is 33.8 Å². The first-order chi connectivity index (χ1) is 8.90. The van der Waals surface area contributed by atoms with Crippen LogP contribution in [0.5, 0.6) is 0 Å². The van der Waals surface area contributed by atoms with Gasteiger partial charge in [0.1, 0.15) is 9.88 Å². The van der Waals surface area contributed by atoms with E-state index >= 15 is 0 Å². The predicted molar refractivity (Wildman–Crippen MR) is 76.5 cm³/mol. The highest BCUT2D eigenvalue weighted by atomic mass is 32.1. The second-order valence-electron chi connectivity index (χ2n) is 4.96. The number of hydrogen-bond acceptors (Lipinski definition) is 5. The van der Waals surface area contributed by atoms with Gasteiger partial charge in [-0.1, -0.05) is 0 Å². The van der Waals surface area contributed by atoms with Crippen LogP contribution in [0.2, 0.25) is 0 Å². The summed E-state index contributed by atoms with van der Waals surface area (Å²) in [6.07, 6.45) is 1.99. The number of hydrogen-bond donors (Lipinski definition) is 4. The molecule has 1 aliphatic carbocycles. The predicted octanol–water partition coefficient (Wildman–Crippen LogP) is 1.14. The van der Waals surface area contributed by atoms with Crippen LogP contribution in [0, 0.1) is 0 Å². The first-order valence-electron chi connectivity index (χ1n) is 6.19. The normalized spacial score (nSPS) is 14.5. The molecule has 6 N–H and O–H groups in total. The lowest BCUT2D eigenvalue weighted by molar-refractivity contribution is 0.0955. The molecule has 2 rings (SSSR count). The SMILES string of the molecule is CC(C)Nc1sc(C(=O)NC2CC2)c(N)c1C(N)=O. The molecule has 104 valence electrons. The molecule has 19 heavy (non-hydrogen) atoms. The Hall–Kier alpha value is -1.76. The third-order valence-corrected chi connectivity index (χ3v) is 3.87. The summed E-state index contributed by atoms with van der Waals surface area (Å²) in [6, 6.07) is 0.364. The van der Waals surface area contributed by atoms with E-state index in [1.807, 2.05) is 13.8 Å². The largest absolute Gasteiger partial charge is 0.397 e. The quantitative estimate of drug-likeness (QED) is 0.649. The van der Waals surface area contributed by atoms with Gasteiger partial charge in [0.25, 0.3) is 11.8 Å². The lowest BCUT2D eigenvalue weighted by atomic mass is 10.2. The minimum atomic E-state index is -0.623. The fourth-order valence-electron chi connectivity index (χ4n) is 1.70. The monoisotopic (exact) mass is 282 g/mol. The molecule has 0 atom stereocenters. The molecule has 0 bridgehead atoms. The van der Waals surface area contributed by atoms with E-state index in [1.54, 1.807) is 0 Å². The number of carbonyl (C=O) groups is 2. The summed E-state index contributed by atoms with van der Waals surface area (Å²) in [5.41, 5.74) is 11.6. The Morgan fingerprint density at radius 1 is 1.37 bits per heavy atom. The van der Waals surface area contributed by atoms with E-state index in [0.29, 0.717) is 9.88 Å². The third kappa shape index (κ3) is 2.98. The van der Waals surface area contributed by atoms with Crippen LogP contribution in [0.15, 0.2) is 0 Å². The number of rotatable bonds is 5. The third-order valence-electron chi connectivity index (χ3n) is 2.73. The highest BCUT2D eigenvalue weighted by Gasteiger charge is 2.28. The summed E-state index contributed by atoms with van der Waals surface area (Å²) in [5, 5.41) is 6.51. The zero-order valence-electron chi connectivity index (χ0n) is 10.9. The lowest BCUT2D eigenvalue weighted by Crippen LogP contribution is -2.25. The molecular weight excluding hydrogens is 264 g/mol. The number of amides is 2. The van der Waals surface area contributed by atoms with Gasteiger partial charge in [0, 0.05) is 12.1 Å². The molecule has 0 aliphatic heterocycles. The highest BCUT2D eigenvalue weighted by molar-refractivity contribution is 7.19. The number of primary amides is 1. The highest BCUT2D eigenvalue weighted by Crippen LogP contribution is 2.36. The molecule has 1 aromatic rings. The van der Waals surface area contributed by atoms with E-state index in [-0.39, 0.29) is 29.2 Å². The van der Waals surface area contributed by atoms with Crippen LogP contribution in [-0.4, -0.2) is 23.9 Å². The Balaban J connectivity index is 2.32. The first-order valence-corrected chi connectivity index (χ1v) is 7.01. The first kappa shape index (κ1) is 13.7. The standard InChI is InChI=1S/C12H18N4O2S/c1-5(2)15-12-7(10(14)17)8(13)9(19-12)11(18)16-6-3-4-6/h5-6,15H,3-4,13H2,1-2H3,(H2,14,17)(H,16,18). The number of carbonyl (C=O) groups excluding carboxylic acids is 2. The Morgan fingerprint density at radius 3 is 2.47 bits per heavy atom. The van der Waals surface area contributed by atoms with Gasteiger partial charge in [-0.2, -0.15) is 0 Å². The maximum absolute atomic E-state index is 12.0. The van der Waals surface area contributed by atoms with Crippen LogP contribution in [0.3, 0.4) is 0 Å². The molecule has 0 radical (unpaired) electrons. The molecule has 0 aromatic carbocycles. The van der Waals surface area contributed by atoms with Crippen LogP contribution < -0.4 is 22.1 Å². The Morgan fingerprint density at radius 2 is 2.00 bits per heavy atom. The van der Waals surface area contributed by atoms with Crippen molar-refractivity contribution in [2.24, 2.45) is 5.73 Å². The fraction of sp³-hybridized carbons (Fsp3) is 0.500. The Bertz CT molecular complexity index is 520. The molecule has 6 nitrogen and oxygen atoms in total. The van der Waals surface area contributed by atoms with Gasteiger partial charge in [0.2, 0.25) is 0 Å². The van der Waals surface area contributed by atoms with Crippen LogP contribution in [0.25, 0.3) is 0 Å². The van der Waals surface area contributed by atoms with Crippen LogP contribution in [0.4, 0.5) is 10.7 Å².